The zero-order chi connectivity index (χ0) is 17.1. The topological polar surface area (TPSA) is 72.8 Å². The third-order valence-electron chi connectivity index (χ3n) is 3.62. The minimum Gasteiger partial charge on any atom is -0.493 e. The zero-order valence-electron chi connectivity index (χ0n) is 13.4. The van der Waals surface area contributed by atoms with Gasteiger partial charge >= 0.3 is 0 Å². The molecule has 0 saturated carbocycles. The smallest absolute Gasteiger partial charge is 0.254 e. The molecule has 0 amide bonds. The number of hydrogen-bond acceptors (Lipinski definition) is 4. The molecule has 0 unspecified atom stereocenters. The predicted molar refractivity (Wildman–Crippen MR) is 90.1 cm³/mol. The van der Waals surface area contributed by atoms with E-state index in [9.17, 15) is 4.79 Å². The molecule has 0 aliphatic heterocycles. The lowest BCUT2D eigenvalue weighted by Crippen LogP contribution is -2.15. The second-order valence-electron chi connectivity index (χ2n) is 5.27. The van der Waals surface area contributed by atoms with Crippen molar-refractivity contribution in [2.75, 3.05) is 6.61 Å². The normalized spacial score (nSPS) is 10.4. The third-order valence-corrected chi connectivity index (χ3v) is 3.62. The number of nitrogens with zero attached hydrogens (tertiary/aromatic N) is 4. The molecule has 0 saturated heterocycles. The van der Waals surface area contributed by atoms with Crippen molar-refractivity contribution >= 4 is 0 Å². The molecule has 6 nitrogen and oxygen atoms in total. The Balaban J connectivity index is 2.06. The van der Waals surface area contributed by atoms with Gasteiger partial charge in [0.25, 0.3) is 5.56 Å². The molecular weight excluding hydrogens is 304 g/mol. The molecule has 2 aromatic heterocycles. The molecule has 24 heavy (non-hydrogen) atoms. The van der Waals surface area contributed by atoms with Crippen molar-refractivity contribution in [3.63, 3.8) is 0 Å². The molecule has 0 atom stereocenters. The largest absolute Gasteiger partial charge is 0.493 e. The highest BCUT2D eigenvalue weighted by Crippen LogP contribution is 2.28. The van der Waals surface area contributed by atoms with Crippen LogP contribution in [-0.4, -0.2) is 21.0 Å². The van der Waals surface area contributed by atoms with Crippen LogP contribution >= 0.6 is 0 Å². The Morgan fingerprint density at radius 3 is 2.88 bits per heavy atom. The average Bonchev–Trinajstić information content (AvgIpc) is 3.08. The van der Waals surface area contributed by atoms with E-state index in [1.165, 1.54) is 10.6 Å². The van der Waals surface area contributed by atoms with Crippen LogP contribution in [0.1, 0.15) is 12.5 Å². The summed E-state index contributed by atoms with van der Waals surface area (Å²) in [6.45, 7) is 2.34. The summed E-state index contributed by atoms with van der Waals surface area (Å²) in [7, 11) is 1.70. The molecule has 0 bridgehead atoms. The number of nitriles is 1. The van der Waals surface area contributed by atoms with Gasteiger partial charge in [-0.3, -0.25) is 4.79 Å². The van der Waals surface area contributed by atoms with Gasteiger partial charge in [-0.15, -0.1) is 0 Å². The molecule has 3 aromatic rings. The second kappa shape index (κ2) is 6.42. The van der Waals surface area contributed by atoms with Crippen LogP contribution in [0.4, 0.5) is 0 Å². The zero-order valence-corrected chi connectivity index (χ0v) is 13.4. The Kier molecular flexibility index (Phi) is 4.17. The number of aryl methyl sites for hydroxylation is 1. The molecule has 0 spiro atoms. The maximum absolute atomic E-state index is 11.8. The van der Waals surface area contributed by atoms with Gasteiger partial charge in [0, 0.05) is 36.6 Å². The first-order valence-electron chi connectivity index (χ1n) is 7.51. The monoisotopic (exact) mass is 320 g/mol. The van der Waals surface area contributed by atoms with Gasteiger partial charge in [-0.25, -0.2) is 4.68 Å². The number of ether oxygens (including phenoxy) is 1. The Morgan fingerprint density at radius 1 is 1.29 bits per heavy atom. The summed E-state index contributed by atoms with van der Waals surface area (Å²) in [5.74, 6) is 0.533. The van der Waals surface area contributed by atoms with Crippen molar-refractivity contribution < 1.29 is 4.74 Å². The van der Waals surface area contributed by atoms with Crippen LogP contribution in [-0.2, 0) is 7.05 Å². The van der Waals surface area contributed by atoms with Gasteiger partial charge in [0.1, 0.15) is 5.75 Å². The molecule has 6 heteroatoms. The van der Waals surface area contributed by atoms with Crippen LogP contribution in [0.5, 0.6) is 5.75 Å². The van der Waals surface area contributed by atoms with Crippen molar-refractivity contribution in [1.82, 2.24) is 14.3 Å². The molecule has 0 aliphatic carbocycles. The Labute approximate surface area is 139 Å². The lowest BCUT2D eigenvalue weighted by atomic mass is 10.1. The maximum atomic E-state index is 11.8. The van der Waals surface area contributed by atoms with Crippen molar-refractivity contribution in [3.8, 4) is 28.6 Å². The van der Waals surface area contributed by atoms with Crippen LogP contribution in [0, 0.1) is 11.3 Å². The van der Waals surface area contributed by atoms with Gasteiger partial charge in [0.05, 0.1) is 30.1 Å². The third kappa shape index (κ3) is 2.92. The Bertz CT molecular complexity index is 979. The standard InChI is InChI=1S/C18H16N4O2/c1-3-24-17-8-18(23)21(2)12-16(17)14-10-20-22(11-14)15-6-4-5-13(7-15)9-19/h4-8,10-12H,3H2,1-2H3. The predicted octanol–water partition coefficient (Wildman–Crippen LogP) is 2.51. The first-order chi connectivity index (χ1) is 11.6. The van der Waals surface area contributed by atoms with Crippen LogP contribution in [0.15, 0.2) is 53.7 Å². The number of aromatic nitrogens is 3. The Hall–Kier alpha value is -3.33. The highest BCUT2D eigenvalue weighted by Gasteiger charge is 2.12. The van der Waals surface area contributed by atoms with Gasteiger partial charge < -0.3 is 9.30 Å². The van der Waals surface area contributed by atoms with E-state index in [0.717, 1.165) is 16.8 Å². The van der Waals surface area contributed by atoms with Crippen LogP contribution in [0.2, 0.25) is 0 Å². The summed E-state index contributed by atoms with van der Waals surface area (Å²) >= 11 is 0. The summed E-state index contributed by atoms with van der Waals surface area (Å²) in [6, 6.07) is 10.8. The Morgan fingerprint density at radius 2 is 2.12 bits per heavy atom. The molecule has 0 radical (unpaired) electrons. The molecule has 0 N–H and O–H groups in total. The summed E-state index contributed by atoms with van der Waals surface area (Å²) in [6.07, 6.45) is 5.29. The molecule has 2 heterocycles. The lowest BCUT2D eigenvalue weighted by molar-refractivity contribution is 0.340. The van der Waals surface area contributed by atoms with Crippen molar-refractivity contribution in [2.24, 2.45) is 7.05 Å². The van der Waals surface area contributed by atoms with Gasteiger partial charge in [0.15, 0.2) is 0 Å². The van der Waals surface area contributed by atoms with Crippen LogP contribution in [0.25, 0.3) is 16.8 Å². The number of benzene rings is 1. The van der Waals surface area contributed by atoms with Gasteiger partial charge in [-0.05, 0) is 25.1 Å². The van der Waals surface area contributed by atoms with Crippen LogP contribution in [0.3, 0.4) is 0 Å². The summed E-state index contributed by atoms with van der Waals surface area (Å²) in [5.41, 5.74) is 2.86. The molecule has 0 fully saturated rings. The minimum atomic E-state index is -0.128. The van der Waals surface area contributed by atoms with E-state index in [1.54, 1.807) is 36.3 Å². The fourth-order valence-electron chi connectivity index (χ4n) is 2.43. The van der Waals surface area contributed by atoms with E-state index in [1.807, 2.05) is 25.3 Å². The fraction of sp³-hybridized carbons (Fsp3) is 0.167. The number of pyridine rings is 1. The molecular formula is C18H16N4O2. The second-order valence-corrected chi connectivity index (χ2v) is 5.27. The van der Waals surface area contributed by atoms with Gasteiger partial charge in [0.2, 0.25) is 0 Å². The molecule has 1 aromatic carbocycles. The summed E-state index contributed by atoms with van der Waals surface area (Å²) in [4.78, 5) is 11.8. The molecule has 3 rings (SSSR count). The van der Waals surface area contributed by atoms with E-state index in [2.05, 4.69) is 11.2 Å². The highest BCUT2D eigenvalue weighted by atomic mass is 16.5. The van der Waals surface area contributed by atoms with E-state index in [4.69, 9.17) is 10.00 Å². The highest BCUT2D eigenvalue weighted by molar-refractivity contribution is 5.68. The molecule has 120 valence electrons. The van der Waals surface area contributed by atoms with E-state index >= 15 is 0 Å². The first-order valence-corrected chi connectivity index (χ1v) is 7.51. The fourth-order valence-corrected chi connectivity index (χ4v) is 2.43. The van der Waals surface area contributed by atoms with E-state index in [0.29, 0.717) is 17.9 Å². The first kappa shape index (κ1) is 15.6. The minimum absolute atomic E-state index is 0.128. The van der Waals surface area contributed by atoms with E-state index < -0.39 is 0 Å². The van der Waals surface area contributed by atoms with Crippen molar-refractivity contribution in [1.29, 1.82) is 5.26 Å². The number of rotatable bonds is 4. The van der Waals surface area contributed by atoms with Gasteiger partial charge in [-0.2, -0.15) is 10.4 Å². The number of hydrogen-bond donors (Lipinski definition) is 0. The van der Waals surface area contributed by atoms with E-state index in [-0.39, 0.29) is 5.56 Å². The van der Waals surface area contributed by atoms with Crippen LogP contribution < -0.4 is 10.3 Å². The SMILES string of the molecule is CCOc1cc(=O)n(C)cc1-c1cnn(-c2cccc(C#N)c2)c1. The molecule has 0 aliphatic rings. The summed E-state index contributed by atoms with van der Waals surface area (Å²) < 4.78 is 8.78. The van der Waals surface area contributed by atoms with Crippen molar-refractivity contribution in [2.45, 2.75) is 6.92 Å². The average molecular weight is 320 g/mol. The quantitative estimate of drug-likeness (QED) is 0.740. The van der Waals surface area contributed by atoms with Gasteiger partial charge in [-0.1, -0.05) is 6.07 Å². The maximum Gasteiger partial charge on any atom is 0.254 e. The van der Waals surface area contributed by atoms with Crippen molar-refractivity contribution in [3.05, 3.63) is 64.8 Å². The summed E-state index contributed by atoms with van der Waals surface area (Å²) in [5, 5.41) is 13.4. The lowest BCUT2D eigenvalue weighted by Gasteiger charge is -2.10.